The average molecular weight is 148 g/mol. The van der Waals surface area contributed by atoms with E-state index in [1.54, 1.807) is 0 Å². The molecule has 2 saturated carbocycles. The number of allylic oxidation sites excluding steroid dienone is 2. The van der Waals surface area contributed by atoms with Crippen LogP contribution in [0.25, 0.3) is 0 Å². The van der Waals surface area contributed by atoms with Crippen molar-refractivity contribution in [2.75, 3.05) is 0 Å². The molecular formula is C10H12O. The second-order valence-electron chi connectivity index (χ2n) is 4.18. The Morgan fingerprint density at radius 3 is 3.27 bits per heavy atom. The van der Waals surface area contributed by atoms with Gasteiger partial charge < -0.3 is 0 Å². The predicted molar refractivity (Wildman–Crippen MR) is 42.0 cm³/mol. The van der Waals surface area contributed by atoms with Gasteiger partial charge >= 0.3 is 0 Å². The highest BCUT2D eigenvalue weighted by Gasteiger charge is 2.51. The van der Waals surface area contributed by atoms with Crippen LogP contribution in [0.15, 0.2) is 12.2 Å². The number of rotatable bonds is 0. The first-order valence-corrected chi connectivity index (χ1v) is 4.55. The van der Waals surface area contributed by atoms with Gasteiger partial charge in [0.1, 0.15) is 5.78 Å². The molecule has 1 nitrogen and oxygen atoms in total. The lowest BCUT2D eigenvalue weighted by molar-refractivity contribution is -0.123. The van der Waals surface area contributed by atoms with Crippen LogP contribution < -0.4 is 0 Å². The summed E-state index contributed by atoms with van der Waals surface area (Å²) in [4.78, 5) is 11.3. The third-order valence-electron chi connectivity index (χ3n) is 3.76. The molecule has 0 aromatic heterocycles. The molecule has 0 amide bonds. The van der Waals surface area contributed by atoms with Crippen molar-refractivity contribution in [1.29, 1.82) is 0 Å². The van der Waals surface area contributed by atoms with E-state index in [1.165, 1.54) is 12.8 Å². The van der Waals surface area contributed by atoms with Gasteiger partial charge in [0.2, 0.25) is 0 Å². The highest BCUT2D eigenvalue weighted by atomic mass is 16.1. The maximum absolute atomic E-state index is 11.3. The minimum atomic E-state index is 0.434. The Labute approximate surface area is 66.5 Å². The molecule has 2 unspecified atom stereocenters. The van der Waals surface area contributed by atoms with E-state index in [2.05, 4.69) is 12.2 Å². The van der Waals surface area contributed by atoms with Crippen LogP contribution in [-0.4, -0.2) is 5.78 Å². The van der Waals surface area contributed by atoms with Crippen LogP contribution in [0.3, 0.4) is 0 Å². The van der Waals surface area contributed by atoms with Crippen molar-refractivity contribution in [2.45, 2.75) is 19.3 Å². The van der Waals surface area contributed by atoms with Crippen molar-refractivity contribution >= 4 is 5.78 Å². The van der Waals surface area contributed by atoms with E-state index < -0.39 is 0 Å². The fourth-order valence-electron chi connectivity index (χ4n) is 3.28. The van der Waals surface area contributed by atoms with E-state index in [1.807, 2.05) is 0 Å². The van der Waals surface area contributed by atoms with Gasteiger partial charge in [-0.1, -0.05) is 12.2 Å². The first-order valence-electron chi connectivity index (χ1n) is 4.55. The summed E-state index contributed by atoms with van der Waals surface area (Å²) in [6, 6.07) is 0. The van der Waals surface area contributed by atoms with Gasteiger partial charge in [-0.25, -0.2) is 0 Å². The van der Waals surface area contributed by atoms with Crippen LogP contribution in [0.5, 0.6) is 0 Å². The van der Waals surface area contributed by atoms with E-state index in [4.69, 9.17) is 0 Å². The molecular weight excluding hydrogens is 136 g/mol. The summed E-state index contributed by atoms with van der Waals surface area (Å²) in [6.07, 6.45) is 7.91. The fraction of sp³-hybridized carbons (Fsp3) is 0.700. The molecule has 3 aliphatic rings. The van der Waals surface area contributed by atoms with E-state index in [-0.39, 0.29) is 0 Å². The summed E-state index contributed by atoms with van der Waals surface area (Å²) < 4.78 is 0. The SMILES string of the molecule is O=C1CC2CC1[C@@H]1C=CC[C@H]21. The minimum absolute atomic E-state index is 0.434. The van der Waals surface area contributed by atoms with Crippen LogP contribution >= 0.6 is 0 Å². The Bertz CT molecular complexity index is 241. The molecule has 0 aromatic rings. The zero-order valence-electron chi connectivity index (χ0n) is 6.49. The minimum Gasteiger partial charge on any atom is -0.299 e. The predicted octanol–water partition coefficient (Wildman–Crippen LogP) is 1.79. The molecule has 1 heteroatoms. The van der Waals surface area contributed by atoms with Gasteiger partial charge in [-0.3, -0.25) is 4.79 Å². The van der Waals surface area contributed by atoms with Gasteiger partial charge in [0.15, 0.2) is 0 Å². The molecule has 2 bridgehead atoms. The Kier molecular flexibility index (Phi) is 0.961. The van der Waals surface area contributed by atoms with Gasteiger partial charge in [0.05, 0.1) is 0 Å². The van der Waals surface area contributed by atoms with E-state index in [9.17, 15) is 4.79 Å². The molecule has 2 fully saturated rings. The van der Waals surface area contributed by atoms with Crippen molar-refractivity contribution in [1.82, 2.24) is 0 Å². The topological polar surface area (TPSA) is 17.1 Å². The van der Waals surface area contributed by atoms with Crippen LogP contribution in [0.4, 0.5) is 0 Å². The van der Waals surface area contributed by atoms with Crippen molar-refractivity contribution in [2.24, 2.45) is 23.7 Å². The molecule has 11 heavy (non-hydrogen) atoms. The van der Waals surface area contributed by atoms with Crippen molar-refractivity contribution in [3.63, 3.8) is 0 Å². The monoisotopic (exact) mass is 148 g/mol. The summed E-state index contributed by atoms with van der Waals surface area (Å²) in [7, 11) is 0. The molecule has 0 heterocycles. The zero-order valence-corrected chi connectivity index (χ0v) is 6.49. The Hall–Kier alpha value is -0.590. The summed E-state index contributed by atoms with van der Waals surface area (Å²) in [6.45, 7) is 0. The van der Waals surface area contributed by atoms with Gasteiger partial charge in [-0.15, -0.1) is 0 Å². The summed E-state index contributed by atoms with van der Waals surface area (Å²) >= 11 is 0. The molecule has 0 N–H and O–H groups in total. The lowest BCUT2D eigenvalue weighted by atomic mass is 9.81. The van der Waals surface area contributed by atoms with E-state index in [0.717, 1.165) is 18.3 Å². The smallest absolute Gasteiger partial charge is 0.136 e. The molecule has 3 aliphatic carbocycles. The molecule has 58 valence electrons. The molecule has 3 rings (SSSR count). The molecule has 0 saturated heterocycles. The number of carbonyl (C=O) groups excluding carboxylic acids is 1. The largest absolute Gasteiger partial charge is 0.299 e. The number of hydrogen-bond donors (Lipinski definition) is 0. The van der Waals surface area contributed by atoms with Crippen LogP contribution in [0, 0.1) is 23.7 Å². The van der Waals surface area contributed by atoms with Gasteiger partial charge in [-0.05, 0) is 30.6 Å². The highest BCUT2D eigenvalue weighted by Crippen LogP contribution is 2.54. The standard InChI is InChI=1S/C10H12O/c11-10-5-6-4-9(10)8-3-1-2-7(6)8/h1,3,6-9H,2,4-5H2/t6?,7-,8-,9?/m1/s1. The maximum Gasteiger partial charge on any atom is 0.136 e. The number of Topliss-reactive ketones (excluding diaryl/α,β-unsaturated/α-hetero) is 1. The Morgan fingerprint density at radius 1 is 1.45 bits per heavy atom. The lowest BCUT2D eigenvalue weighted by Crippen LogP contribution is -2.23. The van der Waals surface area contributed by atoms with Crippen LogP contribution in [0.2, 0.25) is 0 Å². The van der Waals surface area contributed by atoms with E-state index in [0.29, 0.717) is 17.6 Å². The zero-order chi connectivity index (χ0) is 7.42. The summed E-state index contributed by atoms with van der Waals surface area (Å²) in [5, 5.41) is 0. The number of fused-ring (bicyclic) bond motifs is 5. The Balaban J connectivity index is 2.00. The summed E-state index contributed by atoms with van der Waals surface area (Å²) in [5.74, 6) is 3.25. The molecule has 0 radical (unpaired) electrons. The molecule has 0 spiro atoms. The van der Waals surface area contributed by atoms with Gasteiger partial charge in [0.25, 0.3) is 0 Å². The first kappa shape index (κ1) is 5.99. The van der Waals surface area contributed by atoms with Crippen LogP contribution in [0.1, 0.15) is 19.3 Å². The molecule has 0 aromatic carbocycles. The summed E-state index contributed by atoms with van der Waals surface area (Å²) in [5.41, 5.74) is 0. The number of carbonyl (C=O) groups is 1. The lowest BCUT2D eigenvalue weighted by Gasteiger charge is -2.22. The van der Waals surface area contributed by atoms with Gasteiger partial charge in [-0.2, -0.15) is 0 Å². The average Bonchev–Trinajstić information content (AvgIpc) is 2.52. The van der Waals surface area contributed by atoms with Crippen molar-refractivity contribution in [3.8, 4) is 0 Å². The number of ketones is 1. The first-order chi connectivity index (χ1) is 5.36. The highest BCUT2D eigenvalue weighted by molar-refractivity contribution is 5.85. The molecule has 0 aliphatic heterocycles. The number of hydrogen-bond acceptors (Lipinski definition) is 1. The molecule has 4 atom stereocenters. The van der Waals surface area contributed by atoms with Gasteiger partial charge in [0, 0.05) is 12.3 Å². The van der Waals surface area contributed by atoms with Crippen molar-refractivity contribution < 1.29 is 4.79 Å². The van der Waals surface area contributed by atoms with E-state index >= 15 is 0 Å². The van der Waals surface area contributed by atoms with Crippen LogP contribution in [-0.2, 0) is 4.79 Å². The fourth-order valence-corrected chi connectivity index (χ4v) is 3.28. The van der Waals surface area contributed by atoms with Crippen molar-refractivity contribution in [3.05, 3.63) is 12.2 Å². The third kappa shape index (κ3) is 0.597. The third-order valence-corrected chi connectivity index (χ3v) is 3.76. The second-order valence-corrected chi connectivity index (χ2v) is 4.18. The second kappa shape index (κ2) is 1.77. The normalized spacial score (nSPS) is 52.2. The maximum atomic E-state index is 11.3. The Morgan fingerprint density at radius 2 is 2.36 bits per heavy atom. The quantitative estimate of drug-likeness (QED) is 0.479.